The Kier molecular flexibility index (Phi) is 4.58. The van der Waals surface area contributed by atoms with Gasteiger partial charge in [-0.15, -0.1) is 5.10 Å². The van der Waals surface area contributed by atoms with Crippen LogP contribution in [0.1, 0.15) is 27.3 Å². The van der Waals surface area contributed by atoms with Gasteiger partial charge in [0.1, 0.15) is 11.4 Å². The average Bonchev–Trinajstić information content (AvgIpc) is 3.08. The Bertz CT molecular complexity index is 1010. The largest absolute Gasteiger partial charge is 0.494 e. The average molecular weight is 383 g/mol. The van der Waals surface area contributed by atoms with Crippen molar-refractivity contribution >= 4 is 17.5 Å². The maximum atomic E-state index is 13.0. The van der Waals surface area contributed by atoms with Gasteiger partial charge in [0, 0.05) is 18.1 Å². The van der Waals surface area contributed by atoms with Crippen LogP contribution in [0.25, 0.3) is 5.69 Å². The summed E-state index contributed by atoms with van der Waals surface area (Å²) in [6.07, 6.45) is 0.844. The third kappa shape index (κ3) is 3.17. The number of hydrogen-bond acceptors (Lipinski definition) is 4. The molecule has 27 heavy (non-hydrogen) atoms. The van der Waals surface area contributed by atoms with Crippen molar-refractivity contribution in [1.82, 2.24) is 19.9 Å². The van der Waals surface area contributed by atoms with Crippen LogP contribution in [0.5, 0.6) is 5.75 Å². The lowest BCUT2D eigenvalue weighted by molar-refractivity contribution is 0.0728. The highest BCUT2D eigenvalue weighted by Gasteiger charge is 2.26. The highest BCUT2D eigenvalue weighted by molar-refractivity contribution is 6.30. The second-order valence-corrected chi connectivity index (χ2v) is 6.93. The third-order valence-corrected chi connectivity index (χ3v) is 5.12. The van der Waals surface area contributed by atoms with E-state index in [4.69, 9.17) is 16.3 Å². The molecule has 2 heterocycles. The number of rotatable bonds is 3. The van der Waals surface area contributed by atoms with E-state index in [0.29, 0.717) is 40.9 Å². The number of aromatic nitrogens is 3. The van der Waals surface area contributed by atoms with Crippen LogP contribution >= 0.6 is 11.6 Å². The quantitative estimate of drug-likeness (QED) is 0.696. The van der Waals surface area contributed by atoms with Crippen LogP contribution in [0.4, 0.5) is 0 Å². The molecule has 6 nitrogen and oxygen atoms in total. The Labute approximate surface area is 162 Å². The zero-order valence-electron chi connectivity index (χ0n) is 15.1. The lowest BCUT2D eigenvalue weighted by atomic mass is 10.00. The third-order valence-electron chi connectivity index (χ3n) is 4.88. The second kappa shape index (κ2) is 7.04. The Morgan fingerprint density at radius 1 is 1.19 bits per heavy atom. The number of halogens is 1. The topological polar surface area (TPSA) is 60.2 Å². The minimum absolute atomic E-state index is 0.116. The first-order valence-corrected chi connectivity index (χ1v) is 9.08. The Balaban J connectivity index is 1.65. The van der Waals surface area contributed by atoms with Gasteiger partial charge in [-0.05, 0) is 42.7 Å². The van der Waals surface area contributed by atoms with Crippen LogP contribution in [0.15, 0.2) is 42.5 Å². The van der Waals surface area contributed by atoms with Crippen LogP contribution < -0.4 is 4.74 Å². The molecule has 1 aliphatic heterocycles. The standard InChI is InChI=1S/C20H19ClN4O2/c1-13-19(20(26)24-10-9-14-5-3-4-6-15(14)12-24)22-23-25(13)17-11-16(21)7-8-18(17)27-2/h3-8,11H,9-10,12H2,1-2H3. The normalized spacial score (nSPS) is 13.4. The molecule has 138 valence electrons. The molecule has 0 aliphatic carbocycles. The van der Waals surface area contributed by atoms with Crippen LogP contribution in [0.3, 0.4) is 0 Å². The first-order chi connectivity index (χ1) is 13.1. The van der Waals surface area contributed by atoms with Crippen molar-refractivity contribution in [3.63, 3.8) is 0 Å². The highest BCUT2D eigenvalue weighted by Crippen LogP contribution is 2.28. The number of carbonyl (C=O) groups is 1. The zero-order valence-corrected chi connectivity index (χ0v) is 15.9. The van der Waals surface area contributed by atoms with Gasteiger partial charge in [-0.25, -0.2) is 4.68 Å². The number of hydrogen-bond donors (Lipinski definition) is 0. The van der Waals surface area contributed by atoms with Gasteiger partial charge < -0.3 is 9.64 Å². The lowest BCUT2D eigenvalue weighted by Crippen LogP contribution is -2.36. The van der Waals surface area contributed by atoms with Crippen molar-refractivity contribution in [2.24, 2.45) is 0 Å². The van der Waals surface area contributed by atoms with E-state index < -0.39 is 0 Å². The number of ether oxygens (including phenoxy) is 1. The monoisotopic (exact) mass is 382 g/mol. The minimum Gasteiger partial charge on any atom is -0.494 e. The van der Waals surface area contributed by atoms with Crippen LogP contribution in [-0.2, 0) is 13.0 Å². The maximum Gasteiger partial charge on any atom is 0.276 e. The fraction of sp³-hybridized carbons (Fsp3) is 0.250. The Hall–Kier alpha value is -2.86. The fourth-order valence-electron chi connectivity index (χ4n) is 3.40. The molecule has 0 N–H and O–H groups in total. The van der Waals surface area contributed by atoms with Crippen molar-refractivity contribution in [3.8, 4) is 11.4 Å². The molecule has 4 rings (SSSR count). The maximum absolute atomic E-state index is 13.0. The van der Waals surface area contributed by atoms with Crippen LogP contribution in [-0.4, -0.2) is 39.5 Å². The molecule has 1 aliphatic rings. The molecular weight excluding hydrogens is 364 g/mol. The van der Waals surface area contributed by atoms with E-state index in [1.54, 1.807) is 30.0 Å². The van der Waals surface area contributed by atoms with E-state index >= 15 is 0 Å². The molecule has 2 aromatic carbocycles. The van der Waals surface area contributed by atoms with Crippen molar-refractivity contribution < 1.29 is 9.53 Å². The summed E-state index contributed by atoms with van der Waals surface area (Å²) in [5.41, 5.74) is 4.12. The number of benzene rings is 2. The number of fused-ring (bicyclic) bond motifs is 1. The van der Waals surface area contributed by atoms with E-state index in [0.717, 1.165) is 6.42 Å². The molecule has 3 aromatic rings. The fourth-order valence-corrected chi connectivity index (χ4v) is 3.57. The van der Waals surface area contributed by atoms with Crippen molar-refractivity contribution in [2.45, 2.75) is 19.9 Å². The first kappa shape index (κ1) is 17.5. The van der Waals surface area contributed by atoms with E-state index in [-0.39, 0.29) is 5.91 Å². The van der Waals surface area contributed by atoms with E-state index in [2.05, 4.69) is 22.4 Å². The van der Waals surface area contributed by atoms with Gasteiger partial charge in [-0.1, -0.05) is 41.1 Å². The number of nitrogens with zero attached hydrogens (tertiary/aromatic N) is 4. The highest BCUT2D eigenvalue weighted by atomic mass is 35.5. The molecule has 0 radical (unpaired) electrons. The summed E-state index contributed by atoms with van der Waals surface area (Å²) >= 11 is 6.12. The van der Waals surface area contributed by atoms with Gasteiger partial charge in [0.15, 0.2) is 5.69 Å². The summed E-state index contributed by atoms with van der Waals surface area (Å²) in [6.45, 7) is 3.08. The minimum atomic E-state index is -0.116. The molecule has 0 unspecified atom stereocenters. The predicted molar refractivity (Wildman–Crippen MR) is 103 cm³/mol. The predicted octanol–water partition coefficient (Wildman–Crippen LogP) is 3.44. The summed E-state index contributed by atoms with van der Waals surface area (Å²) < 4.78 is 6.99. The molecule has 1 aromatic heterocycles. The van der Waals surface area contributed by atoms with Crippen LogP contribution in [0, 0.1) is 6.92 Å². The summed E-state index contributed by atoms with van der Waals surface area (Å²) in [5, 5.41) is 8.88. The molecular formula is C20H19ClN4O2. The molecule has 0 bridgehead atoms. The van der Waals surface area contributed by atoms with Gasteiger partial charge in [-0.3, -0.25) is 4.79 Å². The summed E-state index contributed by atoms with van der Waals surface area (Å²) in [6, 6.07) is 13.5. The van der Waals surface area contributed by atoms with E-state index in [1.165, 1.54) is 11.1 Å². The van der Waals surface area contributed by atoms with Gasteiger partial charge in [0.25, 0.3) is 5.91 Å². The first-order valence-electron chi connectivity index (χ1n) is 8.70. The molecule has 0 atom stereocenters. The summed E-state index contributed by atoms with van der Waals surface area (Å²) in [5.74, 6) is 0.493. The Morgan fingerprint density at radius 3 is 2.74 bits per heavy atom. The molecule has 1 amide bonds. The smallest absolute Gasteiger partial charge is 0.276 e. The van der Waals surface area contributed by atoms with Crippen LogP contribution in [0.2, 0.25) is 5.02 Å². The van der Waals surface area contributed by atoms with Crippen molar-refractivity contribution in [2.75, 3.05) is 13.7 Å². The number of methoxy groups -OCH3 is 1. The molecule has 0 saturated carbocycles. The number of carbonyl (C=O) groups excluding carboxylic acids is 1. The molecule has 0 spiro atoms. The lowest BCUT2D eigenvalue weighted by Gasteiger charge is -2.28. The van der Waals surface area contributed by atoms with Gasteiger partial charge in [0.2, 0.25) is 0 Å². The SMILES string of the molecule is COc1ccc(Cl)cc1-n1nnc(C(=O)N2CCc3ccccc3C2)c1C. The second-order valence-electron chi connectivity index (χ2n) is 6.50. The van der Waals surface area contributed by atoms with Crippen molar-refractivity contribution in [1.29, 1.82) is 0 Å². The summed E-state index contributed by atoms with van der Waals surface area (Å²) in [4.78, 5) is 14.9. The molecule has 0 fully saturated rings. The molecule has 7 heteroatoms. The zero-order chi connectivity index (χ0) is 19.0. The molecule has 0 saturated heterocycles. The van der Waals surface area contributed by atoms with Gasteiger partial charge in [-0.2, -0.15) is 0 Å². The van der Waals surface area contributed by atoms with E-state index in [9.17, 15) is 4.79 Å². The van der Waals surface area contributed by atoms with Gasteiger partial charge >= 0.3 is 0 Å². The Morgan fingerprint density at radius 2 is 1.96 bits per heavy atom. The summed E-state index contributed by atoms with van der Waals surface area (Å²) in [7, 11) is 1.58. The number of amides is 1. The van der Waals surface area contributed by atoms with Gasteiger partial charge in [0.05, 0.1) is 12.8 Å². The van der Waals surface area contributed by atoms with E-state index in [1.807, 2.05) is 24.0 Å². The van der Waals surface area contributed by atoms with Crippen molar-refractivity contribution in [3.05, 3.63) is 70.0 Å².